The van der Waals surface area contributed by atoms with Crippen LogP contribution in [0.4, 0.5) is 0 Å². The molecule has 2 aromatic rings. The zero-order valence-electron chi connectivity index (χ0n) is 13.9. The largest absolute Gasteiger partial charge is 0.355 e. The van der Waals surface area contributed by atoms with Crippen LogP contribution in [0.1, 0.15) is 17.0 Å². The molecule has 2 aromatic heterocycles. The Morgan fingerprint density at radius 3 is 3.00 bits per heavy atom. The van der Waals surface area contributed by atoms with Crippen LogP contribution in [-0.4, -0.2) is 44.7 Å². The van der Waals surface area contributed by atoms with Gasteiger partial charge in [-0.25, -0.2) is 19.9 Å². The van der Waals surface area contributed by atoms with Crippen LogP contribution in [0.15, 0.2) is 36.1 Å². The van der Waals surface area contributed by atoms with Crippen molar-refractivity contribution in [3.05, 3.63) is 48.1 Å². The molecule has 0 spiro atoms. The van der Waals surface area contributed by atoms with Crippen LogP contribution in [0, 0.1) is 18.4 Å². The SMILES string of the molecule is Cc1[nH]cnc1CSCCNC(=NCC=Cc1cncnc1)NC#N. The second-order valence-corrected chi connectivity index (χ2v) is 6.06. The molecule has 0 aliphatic carbocycles. The predicted octanol–water partition coefficient (Wildman–Crippen LogP) is 1.47. The number of aromatic amines is 1. The van der Waals surface area contributed by atoms with Crippen LogP contribution < -0.4 is 10.6 Å². The van der Waals surface area contributed by atoms with Gasteiger partial charge < -0.3 is 10.3 Å². The number of H-pyrrole nitrogens is 1. The van der Waals surface area contributed by atoms with E-state index in [4.69, 9.17) is 5.26 Å². The van der Waals surface area contributed by atoms with Gasteiger partial charge in [-0.1, -0.05) is 12.2 Å². The summed E-state index contributed by atoms with van der Waals surface area (Å²) < 4.78 is 0. The number of aliphatic imine (C=N–C) groups is 1. The number of guanidine groups is 1. The lowest BCUT2D eigenvalue weighted by molar-refractivity contribution is 0.923. The molecule has 2 heterocycles. The van der Waals surface area contributed by atoms with E-state index in [0.29, 0.717) is 19.0 Å². The lowest BCUT2D eigenvalue weighted by atomic mass is 10.3. The van der Waals surface area contributed by atoms with Gasteiger partial charge in [0.15, 0.2) is 6.19 Å². The first-order chi connectivity index (χ1) is 12.3. The number of aromatic nitrogens is 4. The van der Waals surface area contributed by atoms with Crippen LogP contribution in [0.25, 0.3) is 6.08 Å². The minimum absolute atomic E-state index is 0.450. The highest BCUT2D eigenvalue weighted by atomic mass is 32.2. The van der Waals surface area contributed by atoms with Crippen LogP contribution in [-0.2, 0) is 5.75 Å². The zero-order valence-corrected chi connectivity index (χ0v) is 14.8. The molecule has 0 aromatic carbocycles. The molecule has 2 rings (SSSR count). The Bertz CT molecular complexity index is 732. The summed E-state index contributed by atoms with van der Waals surface area (Å²) in [5.74, 6) is 2.21. The van der Waals surface area contributed by atoms with Gasteiger partial charge >= 0.3 is 0 Å². The van der Waals surface area contributed by atoms with Gasteiger partial charge in [0.1, 0.15) is 6.33 Å². The highest BCUT2D eigenvalue weighted by Gasteiger charge is 2.01. The fraction of sp³-hybridized carbons (Fsp3) is 0.312. The highest BCUT2D eigenvalue weighted by molar-refractivity contribution is 7.98. The lowest BCUT2D eigenvalue weighted by Gasteiger charge is -2.07. The number of imidazole rings is 1. The Morgan fingerprint density at radius 1 is 1.44 bits per heavy atom. The van der Waals surface area contributed by atoms with Crippen molar-refractivity contribution >= 4 is 23.8 Å². The molecule has 0 amide bonds. The molecule has 0 aliphatic heterocycles. The Labute approximate surface area is 150 Å². The zero-order chi connectivity index (χ0) is 17.7. The summed E-state index contributed by atoms with van der Waals surface area (Å²) in [7, 11) is 0. The van der Waals surface area contributed by atoms with Gasteiger partial charge in [-0.2, -0.15) is 17.0 Å². The van der Waals surface area contributed by atoms with E-state index in [0.717, 1.165) is 28.5 Å². The maximum atomic E-state index is 8.80. The van der Waals surface area contributed by atoms with E-state index in [2.05, 4.69) is 35.6 Å². The van der Waals surface area contributed by atoms with Crippen molar-refractivity contribution in [2.24, 2.45) is 4.99 Å². The molecule has 0 saturated heterocycles. The molecule has 0 unspecified atom stereocenters. The summed E-state index contributed by atoms with van der Waals surface area (Å²) in [6, 6.07) is 0. The topological polar surface area (TPSA) is 115 Å². The average Bonchev–Trinajstić information content (AvgIpc) is 3.04. The first kappa shape index (κ1) is 18.5. The number of hydrogen-bond donors (Lipinski definition) is 3. The monoisotopic (exact) mass is 356 g/mol. The third-order valence-corrected chi connectivity index (χ3v) is 4.10. The molecular weight excluding hydrogens is 336 g/mol. The number of aryl methyl sites for hydroxylation is 1. The number of hydrogen-bond acceptors (Lipinski definition) is 6. The van der Waals surface area contributed by atoms with Crippen LogP contribution in [0.2, 0.25) is 0 Å². The molecule has 0 atom stereocenters. The van der Waals surface area contributed by atoms with E-state index in [1.54, 1.807) is 30.5 Å². The average molecular weight is 356 g/mol. The molecule has 25 heavy (non-hydrogen) atoms. The highest BCUT2D eigenvalue weighted by Crippen LogP contribution is 2.11. The third kappa shape index (κ3) is 7.05. The van der Waals surface area contributed by atoms with E-state index < -0.39 is 0 Å². The summed E-state index contributed by atoms with van der Waals surface area (Å²) in [4.78, 5) is 19.5. The maximum absolute atomic E-state index is 8.80. The molecule has 0 aliphatic rings. The van der Waals surface area contributed by atoms with E-state index >= 15 is 0 Å². The van der Waals surface area contributed by atoms with Crippen molar-refractivity contribution in [2.75, 3.05) is 18.8 Å². The number of thioether (sulfide) groups is 1. The minimum Gasteiger partial charge on any atom is -0.355 e. The number of nitriles is 1. The van der Waals surface area contributed by atoms with Crippen molar-refractivity contribution in [1.82, 2.24) is 30.6 Å². The summed E-state index contributed by atoms with van der Waals surface area (Å²) >= 11 is 1.77. The smallest absolute Gasteiger partial charge is 0.205 e. The van der Waals surface area contributed by atoms with Crippen molar-refractivity contribution in [1.29, 1.82) is 5.26 Å². The maximum Gasteiger partial charge on any atom is 0.205 e. The van der Waals surface area contributed by atoms with Crippen LogP contribution in [0.5, 0.6) is 0 Å². The van der Waals surface area contributed by atoms with Gasteiger partial charge in [0.25, 0.3) is 0 Å². The third-order valence-electron chi connectivity index (χ3n) is 3.13. The Kier molecular flexibility index (Phi) is 8.00. The molecule has 0 saturated carbocycles. The molecule has 9 heteroatoms. The first-order valence-corrected chi connectivity index (χ1v) is 8.86. The van der Waals surface area contributed by atoms with E-state index in [1.807, 2.05) is 25.3 Å². The van der Waals surface area contributed by atoms with Gasteiger partial charge in [-0.15, -0.1) is 0 Å². The van der Waals surface area contributed by atoms with E-state index in [1.165, 1.54) is 6.33 Å². The quantitative estimate of drug-likeness (QED) is 0.216. The molecule has 0 radical (unpaired) electrons. The minimum atomic E-state index is 0.450. The number of nitrogens with zero attached hydrogens (tertiary/aromatic N) is 5. The molecule has 0 fully saturated rings. The van der Waals surface area contributed by atoms with Crippen molar-refractivity contribution < 1.29 is 0 Å². The Balaban J connectivity index is 1.69. The second-order valence-electron chi connectivity index (χ2n) is 4.95. The van der Waals surface area contributed by atoms with Crippen molar-refractivity contribution in [3.63, 3.8) is 0 Å². The first-order valence-electron chi connectivity index (χ1n) is 7.71. The fourth-order valence-electron chi connectivity index (χ4n) is 1.87. The van der Waals surface area contributed by atoms with Gasteiger partial charge in [0, 0.05) is 41.7 Å². The summed E-state index contributed by atoms with van der Waals surface area (Å²) in [5.41, 5.74) is 3.08. The summed E-state index contributed by atoms with van der Waals surface area (Å²) in [5, 5.41) is 14.5. The fourth-order valence-corrected chi connectivity index (χ4v) is 2.74. The van der Waals surface area contributed by atoms with Gasteiger partial charge in [-0.05, 0) is 6.92 Å². The Hall–Kier alpha value is -2.86. The predicted molar refractivity (Wildman–Crippen MR) is 99.6 cm³/mol. The van der Waals surface area contributed by atoms with E-state index in [9.17, 15) is 0 Å². The van der Waals surface area contributed by atoms with Crippen molar-refractivity contribution in [3.8, 4) is 6.19 Å². The molecular formula is C16H20N8S. The number of nitrogens with one attached hydrogen (secondary N) is 3. The normalized spacial score (nSPS) is 11.4. The van der Waals surface area contributed by atoms with E-state index in [-0.39, 0.29) is 0 Å². The lowest BCUT2D eigenvalue weighted by Crippen LogP contribution is -2.36. The number of rotatable bonds is 8. The van der Waals surface area contributed by atoms with Crippen LogP contribution in [0.3, 0.4) is 0 Å². The molecule has 130 valence electrons. The summed E-state index contributed by atoms with van der Waals surface area (Å²) in [6.45, 7) is 3.17. The molecule has 0 bridgehead atoms. The van der Waals surface area contributed by atoms with Gasteiger partial charge in [-0.3, -0.25) is 5.32 Å². The Morgan fingerprint density at radius 2 is 2.28 bits per heavy atom. The van der Waals surface area contributed by atoms with Crippen LogP contribution >= 0.6 is 11.8 Å². The molecule has 8 nitrogen and oxygen atoms in total. The summed E-state index contributed by atoms with van der Waals surface area (Å²) in [6.07, 6.45) is 12.3. The van der Waals surface area contributed by atoms with Gasteiger partial charge in [0.2, 0.25) is 5.96 Å². The second kappa shape index (κ2) is 10.8. The standard InChI is InChI=1S/C16H20N8S/c1-13-15(24-12-23-13)9-25-6-5-21-16(22-10-17)20-4-2-3-14-7-18-11-19-8-14/h2-3,7-8,11-12H,4-6,9H2,1H3,(H,23,24)(H2,20,21,22). The van der Waals surface area contributed by atoms with Gasteiger partial charge in [0.05, 0.1) is 18.6 Å². The van der Waals surface area contributed by atoms with Crippen molar-refractivity contribution in [2.45, 2.75) is 12.7 Å². The molecule has 3 N–H and O–H groups in total.